The minimum atomic E-state index is -0.748. The number of rotatable bonds is 2. The summed E-state index contributed by atoms with van der Waals surface area (Å²) in [5.74, 6) is 0.123. The topological polar surface area (TPSA) is 102 Å². The maximum atomic E-state index is 13.4. The molecule has 6 heteroatoms. The number of nitrogens with zero attached hydrogens (tertiary/aromatic N) is 4. The summed E-state index contributed by atoms with van der Waals surface area (Å²) >= 11 is 0. The molecule has 0 spiro atoms. The van der Waals surface area contributed by atoms with Gasteiger partial charge in [-0.05, 0) is 31.1 Å². The molecule has 1 aromatic heterocycles. The van der Waals surface area contributed by atoms with Crippen molar-refractivity contribution in [1.29, 1.82) is 10.5 Å². The van der Waals surface area contributed by atoms with Gasteiger partial charge >= 0.3 is 0 Å². The second kappa shape index (κ2) is 5.26. The predicted octanol–water partition coefficient (Wildman–Crippen LogP) is 2.43. The van der Waals surface area contributed by atoms with E-state index in [0.717, 1.165) is 44.2 Å². The third kappa shape index (κ3) is 1.91. The maximum Gasteiger partial charge on any atom is 0.233 e. The fourth-order valence-electron chi connectivity index (χ4n) is 5.30. The average molecular weight is 335 g/mol. The van der Waals surface area contributed by atoms with Crippen LogP contribution in [0, 0.1) is 28.1 Å². The van der Waals surface area contributed by atoms with Crippen LogP contribution in [0.4, 0.5) is 0 Å². The van der Waals surface area contributed by atoms with Gasteiger partial charge in [0.15, 0.2) is 11.4 Å². The molecule has 0 radical (unpaired) electrons. The van der Waals surface area contributed by atoms with Gasteiger partial charge in [0.05, 0.1) is 16.8 Å². The van der Waals surface area contributed by atoms with Crippen LogP contribution in [0.15, 0.2) is 0 Å². The maximum absolute atomic E-state index is 13.4. The van der Waals surface area contributed by atoms with E-state index in [1.54, 1.807) is 0 Å². The number of nitriles is 2. The lowest BCUT2D eigenvalue weighted by Crippen LogP contribution is -2.52. The first kappa shape index (κ1) is 16.0. The molecular formula is C19H21N5O. The van der Waals surface area contributed by atoms with Crippen LogP contribution in [-0.2, 0) is 10.2 Å². The molecule has 6 nitrogen and oxygen atoms in total. The van der Waals surface area contributed by atoms with Crippen LogP contribution in [0.5, 0.6) is 0 Å². The SMILES string of the molecule is CC1(C)C2CCC1(C(=O)NC1CCCC1)c1nc(C#N)c(C#N)nc12. The van der Waals surface area contributed by atoms with Gasteiger partial charge in [-0.3, -0.25) is 4.79 Å². The van der Waals surface area contributed by atoms with Crippen molar-refractivity contribution in [2.75, 3.05) is 0 Å². The molecule has 0 saturated heterocycles. The Kier molecular flexibility index (Phi) is 3.37. The summed E-state index contributed by atoms with van der Waals surface area (Å²) in [6, 6.07) is 4.17. The van der Waals surface area contributed by atoms with Crippen molar-refractivity contribution in [2.45, 2.75) is 69.7 Å². The zero-order valence-corrected chi connectivity index (χ0v) is 14.6. The Morgan fingerprint density at radius 2 is 1.76 bits per heavy atom. The first-order valence-corrected chi connectivity index (χ1v) is 8.99. The molecule has 3 aliphatic rings. The number of carbonyl (C=O) groups excluding carboxylic acids is 1. The molecule has 1 heterocycles. The van der Waals surface area contributed by atoms with E-state index in [4.69, 9.17) is 0 Å². The molecule has 1 aromatic rings. The molecule has 1 amide bonds. The van der Waals surface area contributed by atoms with Crippen LogP contribution in [0.1, 0.15) is 81.1 Å². The average Bonchev–Trinajstić information content (AvgIpc) is 3.24. The second-order valence-electron chi connectivity index (χ2n) is 8.05. The van der Waals surface area contributed by atoms with Gasteiger partial charge in [0.25, 0.3) is 0 Å². The summed E-state index contributed by atoms with van der Waals surface area (Å²) in [6.07, 6.45) is 5.96. The van der Waals surface area contributed by atoms with Gasteiger partial charge in [-0.2, -0.15) is 10.5 Å². The van der Waals surface area contributed by atoms with Gasteiger partial charge in [0.1, 0.15) is 12.1 Å². The molecule has 4 rings (SSSR count). The minimum absolute atomic E-state index is 0.0218. The van der Waals surface area contributed by atoms with E-state index in [2.05, 4.69) is 29.1 Å². The zero-order valence-electron chi connectivity index (χ0n) is 14.6. The Hall–Kier alpha value is -2.47. The largest absolute Gasteiger partial charge is 0.353 e. The van der Waals surface area contributed by atoms with E-state index < -0.39 is 5.41 Å². The normalized spacial score (nSPS) is 29.0. The van der Waals surface area contributed by atoms with Gasteiger partial charge in [0.2, 0.25) is 5.91 Å². The van der Waals surface area contributed by atoms with Crippen molar-refractivity contribution in [1.82, 2.24) is 15.3 Å². The van der Waals surface area contributed by atoms with E-state index in [9.17, 15) is 15.3 Å². The molecule has 128 valence electrons. The molecule has 1 N–H and O–H groups in total. The van der Waals surface area contributed by atoms with Crippen molar-refractivity contribution in [3.63, 3.8) is 0 Å². The molecule has 2 fully saturated rings. The quantitative estimate of drug-likeness (QED) is 0.894. The first-order chi connectivity index (χ1) is 12.0. The number of amides is 1. The smallest absolute Gasteiger partial charge is 0.233 e. The Morgan fingerprint density at radius 3 is 2.40 bits per heavy atom. The van der Waals surface area contributed by atoms with Crippen LogP contribution in [0.2, 0.25) is 0 Å². The van der Waals surface area contributed by atoms with Crippen LogP contribution in [0.3, 0.4) is 0 Å². The third-order valence-electron chi connectivity index (χ3n) is 6.73. The van der Waals surface area contributed by atoms with Gasteiger partial charge in [0, 0.05) is 12.0 Å². The van der Waals surface area contributed by atoms with E-state index in [0.29, 0.717) is 5.69 Å². The Bertz CT molecular complexity index is 841. The summed E-state index contributed by atoms with van der Waals surface area (Å²) in [6.45, 7) is 4.20. The fraction of sp³-hybridized carbons (Fsp3) is 0.632. The highest BCUT2D eigenvalue weighted by atomic mass is 16.2. The number of hydrogen-bond acceptors (Lipinski definition) is 5. The van der Waals surface area contributed by atoms with Crippen LogP contribution >= 0.6 is 0 Å². The highest BCUT2D eigenvalue weighted by molar-refractivity contribution is 5.91. The lowest BCUT2D eigenvalue weighted by Gasteiger charge is -2.37. The number of nitrogens with one attached hydrogen (secondary N) is 1. The molecular weight excluding hydrogens is 314 g/mol. The van der Waals surface area contributed by atoms with Gasteiger partial charge in [-0.25, -0.2) is 9.97 Å². The van der Waals surface area contributed by atoms with Crippen LogP contribution < -0.4 is 5.32 Å². The molecule has 2 atom stereocenters. The van der Waals surface area contributed by atoms with Gasteiger partial charge < -0.3 is 5.32 Å². The Morgan fingerprint density at radius 1 is 1.12 bits per heavy atom. The standard InChI is InChI=1S/C19H21N5O/c1-18(2)12-7-8-19(18,17(25)22-11-5-3-4-6-11)16-15(12)23-13(9-20)14(10-21)24-16/h11-12H,3-8H2,1-2H3,(H,22,25). The lowest BCUT2D eigenvalue weighted by atomic mass is 9.67. The van der Waals surface area contributed by atoms with Crippen molar-refractivity contribution in [2.24, 2.45) is 5.41 Å². The van der Waals surface area contributed by atoms with E-state index >= 15 is 0 Å². The summed E-state index contributed by atoms with van der Waals surface area (Å²) in [7, 11) is 0. The zero-order chi connectivity index (χ0) is 17.8. The molecule has 0 aliphatic heterocycles. The Balaban J connectivity index is 1.84. The van der Waals surface area contributed by atoms with Crippen molar-refractivity contribution >= 4 is 5.91 Å². The minimum Gasteiger partial charge on any atom is -0.353 e. The molecule has 0 aromatic carbocycles. The highest BCUT2D eigenvalue weighted by Crippen LogP contribution is 2.67. The molecule has 25 heavy (non-hydrogen) atoms. The monoisotopic (exact) mass is 335 g/mol. The van der Waals surface area contributed by atoms with Crippen molar-refractivity contribution in [3.8, 4) is 12.1 Å². The van der Waals surface area contributed by atoms with E-state index in [1.165, 1.54) is 0 Å². The van der Waals surface area contributed by atoms with Crippen molar-refractivity contribution in [3.05, 3.63) is 22.8 Å². The van der Waals surface area contributed by atoms with Crippen LogP contribution in [0.25, 0.3) is 0 Å². The highest BCUT2D eigenvalue weighted by Gasteiger charge is 2.68. The molecule has 2 saturated carbocycles. The summed E-state index contributed by atoms with van der Waals surface area (Å²) in [5, 5.41) is 21.8. The van der Waals surface area contributed by atoms with Crippen LogP contribution in [-0.4, -0.2) is 21.9 Å². The third-order valence-corrected chi connectivity index (χ3v) is 6.73. The van der Waals surface area contributed by atoms with Gasteiger partial charge in [-0.1, -0.05) is 26.7 Å². The molecule has 2 unspecified atom stereocenters. The second-order valence-corrected chi connectivity index (χ2v) is 8.05. The lowest BCUT2D eigenvalue weighted by molar-refractivity contribution is -0.130. The fourth-order valence-corrected chi connectivity index (χ4v) is 5.30. The summed E-state index contributed by atoms with van der Waals surface area (Å²) < 4.78 is 0. The molecule has 2 bridgehead atoms. The Labute approximate surface area is 147 Å². The summed E-state index contributed by atoms with van der Waals surface area (Å²) in [4.78, 5) is 22.3. The first-order valence-electron chi connectivity index (χ1n) is 8.99. The summed E-state index contributed by atoms with van der Waals surface area (Å²) in [5.41, 5.74) is 0.392. The number of carbonyl (C=O) groups is 1. The van der Waals surface area contributed by atoms with E-state index in [1.807, 2.05) is 12.1 Å². The number of hydrogen-bond donors (Lipinski definition) is 1. The number of aromatic nitrogens is 2. The van der Waals surface area contributed by atoms with Gasteiger partial charge in [-0.15, -0.1) is 0 Å². The predicted molar refractivity (Wildman–Crippen MR) is 89.3 cm³/mol. The van der Waals surface area contributed by atoms with E-state index in [-0.39, 0.29) is 34.7 Å². The van der Waals surface area contributed by atoms with Crippen molar-refractivity contribution < 1.29 is 4.79 Å². The molecule has 3 aliphatic carbocycles. The number of fused-ring (bicyclic) bond motifs is 5.